The summed E-state index contributed by atoms with van der Waals surface area (Å²) in [5.41, 5.74) is 2.93. The van der Waals surface area contributed by atoms with Crippen molar-refractivity contribution in [3.05, 3.63) is 48.5 Å². The lowest BCUT2D eigenvalue weighted by atomic mass is 9.91. The average Bonchev–Trinajstić information content (AvgIpc) is 3.13. The number of aromatic nitrogens is 2. The number of para-hydroxylation sites is 2. The molecule has 150 valence electrons. The van der Waals surface area contributed by atoms with E-state index in [0.29, 0.717) is 12.8 Å². The van der Waals surface area contributed by atoms with Crippen LogP contribution < -0.4 is 10.6 Å². The van der Waals surface area contributed by atoms with E-state index in [4.69, 9.17) is 4.74 Å². The first-order chi connectivity index (χ1) is 12.7. The van der Waals surface area contributed by atoms with Gasteiger partial charge in [0.15, 0.2) is 0 Å². The third-order valence-electron chi connectivity index (χ3n) is 5.02. The van der Waals surface area contributed by atoms with Gasteiger partial charge >= 0.3 is 0 Å². The fourth-order valence-corrected chi connectivity index (χ4v) is 3.40. The number of anilines is 1. The van der Waals surface area contributed by atoms with Crippen LogP contribution in [-0.4, -0.2) is 41.7 Å². The van der Waals surface area contributed by atoms with E-state index in [-0.39, 0.29) is 30.7 Å². The number of halogens is 2. The van der Waals surface area contributed by atoms with Gasteiger partial charge in [0.2, 0.25) is 0 Å². The van der Waals surface area contributed by atoms with E-state index in [0.717, 1.165) is 41.2 Å². The molecule has 2 aromatic carbocycles. The predicted octanol–water partition coefficient (Wildman–Crippen LogP) is 3.78. The quantitative estimate of drug-likeness (QED) is 0.597. The van der Waals surface area contributed by atoms with Crippen LogP contribution in [0.5, 0.6) is 0 Å². The van der Waals surface area contributed by atoms with Crippen molar-refractivity contribution in [1.82, 2.24) is 15.3 Å². The number of nitrogens with one attached hydrogen (secondary N) is 3. The molecule has 0 aliphatic carbocycles. The molecule has 28 heavy (non-hydrogen) atoms. The smallest absolute Gasteiger partial charge is 0.256 e. The van der Waals surface area contributed by atoms with Gasteiger partial charge < -0.3 is 20.4 Å². The Kier molecular flexibility index (Phi) is 7.43. The van der Waals surface area contributed by atoms with Gasteiger partial charge in [-0.3, -0.25) is 4.79 Å². The minimum atomic E-state index is -0.747. The number of hydrogen-bond donors (Lipinski definition) is 3. The molecule has 0 bridgehead atoms. The molecule has 6 nitrogen and oxygen atoms in total. The number of nitrogens with zero attached hydrogens (tertiary/aromatic N) is 1. The van der Waals surface area contributed by atoms with Crippen molar-refractivity contribution in [3.8, 4) is 11.4 Å². The number of methoxy groups -OCH3 is 1. The maximum atomic E-state index is 12.7. The van der Waals surface area contributed by atoms with E-state index >= 15 is 0 Å². The van der Waals surface area contributed by atoms with Crippen LogP contribution in [-0.2, 0) is 9.53 Å². The van der Waals surface area contributed by atoms with E-state index in [1.54, 1.807) is 7.11 Å². The van der Waals surface area contributed by atoms with Crippen molar-refractivity contribution in [1.29, 1.82) is 0 Å². The Morgan fingerprint density at radius 2 is 1.75 bits per heavy atom. The number of rotatable bonds is 4. The summed E-state index contributed by atoms with van der Waals surface area (Å²) < 4.78 is 5.57. The zero-order valence-electron chi connectivity index (χ0n) is 15.5. The van der Waals surface area contributed by atoms with Gasteiger partial charge in [-0.1, -0.05) is 12.1 Å². The van der Waals surface area contributed by atoms with Gasteiger partial charge in [-0.2, -0.15) is 0 Å². The van der Waals surface area contributed by atoms with Crippen LogP contribution in [0.2, 0.25) is 0 Å². The molecule has 1 aliphatic rings. The first-order valence-electron chi connectivity index (χ1n) is 8.83. The molecule has 0 unspecified atom stereocenters. The molecule has 0 saturated carbocycles. The highest BCUT2D eigenvalue weighted by molar-refractivity contribution is 5.97. The van der Waals surface area contributed by atoms with Crippen molar-refractivity contribution >= 4 is 47.4 Å². The summed E-state index contributed by atoms with van der Waals surface area (Å²) in [4.78, 5) is 20.6. The van der Waals surface area contributed by atoms with Gasteiger partial charge in [0.05, 0.1) is 11.0 Å². The second kappa shape index (κ2) is 9.39. The van der Waals surface area contributed by atoms with Gasteiger partial charge in [-0.15, -0.1) is 24.8 Å². The number of benzene rings is 2. The first-order valence-corrected chi connectivity index (χ1v) is 8.83. The highest BCUT2D eigenvalue weighted by atomic mass is 35.5. The van der Waals surface area contributed by atoms with Crippen LogP contribution >= 0.6 is 24.8 Å². The number of imidazole rings is 1. The summed E-state index contributed by atoms with van der Waals surface area (Å²) in [5, 5.41) is 6.25. The molecule has 3 N–H and O–H groups in total. The van der Waals surface area contributed by atoms with Gasteiger partial charge in [0.1, 0.15) is 11.4 Å². The largest absolute Gasteiger partial charge is 0.368 e. The molecular formula is C20H24Cl2N4O2. The second-order valence-corrected chi connectivity index (χ2v) is 6.58. The van der Waals surface area contributed by atoms with Crippen molar-refractivity contribution < 1.29 is 9.53 Å². The first kappa shape index (κ1) is 22.2. The lowest BCUT2D eigenvalue weighted by Crippen LogP contribution is -2.51. The number of fused-ring (bicyclic) bond motifs is 1. The topological polar surface area (TPSA) is 79.0 Å². The number of ether oxygens (including phenoxy) is 1. The van der Waals surface area contributed by atoms with Crippen LogP contribution in [0.25, 0.3) is 22.4 Å². The predicted molar refractivity (Wildman–Crippen MR) is 116 cm³/mol. The van der Waals surface area contributed by atoms with E-state index in [9.17, 15) is 4.79 Å². The van der Waals surface area contributed by atoms with Crippen LogP contribution in [0.3, 0.4) is 0 Å². The second-order valence-electron chi connectivity index (χ2n) is 6.58. The molecule has 3 aromatic rings. The Morgan fingerprint density at radius 3 is 2.39 bits per heavy atom. The normalized spacial score (nSPS) is 15.3. The monoisotopic (exact) mass is 422 g/mol. The molecule has 1 saturated heterocycles. The summed E-state index contributed by atoms with van der Waals surface area (Å²) in [7, 11) is 1.61. The third-order valence-corrected chi connectivity index (χ3v) is 5.02. The molecule has 1 amide bonds. The number of aromatic amines is 1. The summed E-state index contributed by atoms with van der Waals surface area (Å²) in [6, 6.07) is 15.6. The summed E-state index contributed by atoms with van der Waals surface area (Å²) in [6.07, 6.45) is 1.35. The lowest BCUT2D eigenvalue weighted by molar-refractivity contribution is -0.140. The number of hydrogen-bond acceptors (Lipinski definition) is 4. The summed E-state index contributed by atoms with van der Waals surface area (Å²) >= 11 is 0. The van der Waals surface area contributed by atoms with Crippen molar-refractivity contribution in [2.24, 2.45) is 0 Å². The minimum absolute atomic E-state index is 0. The van der Waals surface area contributed by atoms with Crippen LogP contribution in [0, 0.1) is 0 Å². The van der Waals surface area contributed by atoms with Crippen molar-refractivity contribution in [2.45, 2.75) is 18.4 Å². The molecule has 0 spiro atoms. The Labute approximate surface area is 176 Å². The maximum Gasteiger partial charge on any atom is 0.256 e. The minimum Gasteiger partial charge on any atom is -0.368 e. The lowest BCUT2D eigenvalue weighted by Gasteiger charge is -2.34. The zero-order chi connectivity index (χ0) is 18.0. The van der Waals surface area contributed by atoms with Gasteiger partial charge in [0, 0.05) is 18.4 Å². The Morgan fingerprint density at radius 1 is 1.07 bits per heavy atom. The van der Waals surface area contributed by atoms with Crippen LogP contribution in [0.1, 0.15) is 12.8 Å². The van der Waals surface area contributed by atoms with E-state index in [2.05, 4.69) is 20.6 Å². The van der Waals surface area contributed by atoms with Crippen molar-refractivity contribution in [3.63, 3.8) is 0 Å². The molecule has 1 aromatic heterocycles. The molecule has 2 heterocycles. The Bertz CT molecular complexity index is 888. The maximum absolute atomic E-state index is 12.7. The molecule has 1 aliphatic heterocycles. The number of piperidine rings is 1. The van der Waals surface area contributed by atoms with E-state index < -0.39 is 5.60 Å². The Balaban J connectivity index is 0.00000140. The standard InChI is InChI=1S/C20H22N4O2.2ClH/c1-26-20(10-12-21-13-11-20)19(25)22-15-8-6-14(7-9-15)18-23-16-4-2-3-5-17(16)24-18;;/h2-9,21H,10-13H2,1H3,(H,22,25)(H,23,24);2*1H. The molecule has 0 atom stereocenters. The SMILES string of the molecule is COC1(C(=O)Nc2ccc(-c3nc4ccccc4[nH]3)cc2)CCNCC1.Cl.Cl. The molecule has 0 radical (unpaired) electrons. The number of carbonyl (C=O) groups excluding carboxylic acids is 1. The summed E-state index contributed by atoms with van der Waals surface area (Å²) in [5.74, 6) is 0.730. The molecular weight excluding hydrogens is 399 g/mol. The summed E-state index contributed by atoms with van der Waals surface area (Å²) in [6.45, 7) is 1.57. The molecule has 1 fully saturated rings. The van der Waals surface area contributed by atoms with Gasteiger partial charge in [-0.25, -0.2) is 4.98 Å². The van der Waals surface area contributed by atoms with E-state index in [1.165, 1.54) is 0 Å². The third kappa shape index (κ3) is 4.31. The molecule has 8 heteroatoms. The van der Waals surface area contributed by atoms with Gasteiger partial charge in [0.25, 0.3) is 5.91 Å². The number of H-pyrrole nitrogens is 1. The fourth-order valence-electron chi connectivity index (χ4n) is 3.40. The van der Waals surface area contributed by atoms with E-state index in [1.807, 2.05) is 48.5 Å². The van der Waals surface area contributed by atoms with Crippen LogP contribution in [0.4, 0.5) is 5.69 Å². The van der Waals surface area contributed by atoms with Crippen molar-refractivity contribution in [2.75, 3.05) is 25.5 Å². The van der Waals surface area contributed by atoms with Crippen LogP contribution in [0.15, 0.2) is 48.5 Å². The zero-order valence-corrected chi connectivity index (χ0v) is 17.2. The number of carbonyl (C=O) groups is 1. The van der Waals surface area contributed by atoms with Gasteiger partial charge in [-0.05, 0) is 62.3 Å². The highest BCUT2D eigenvalue weighted by Crippen LogP contribution is 2.26. The molecule has 4 rings (SSSR count). The number of amides is 1. The Hall–Kier alpha value is -2.12. The fraction of sp³-hybridized carbons (Fsp3) is 0.300. The highest BCUT2D eigenvalue weighted by Gasteiger charge is 2.39. The average molecular weight is 423 g/mol.